The Balaban J connectivity index is 2.80. The Hall–Kier alpha value is -2.20. The van der Waals surface area contributed by atoms with Crippen LogP contribution in [0.5, 0.6) is 0 Å². The number of nitrogens with one attached hydrogen (secondary N) is 1. The maximum atomic E-state index is 12.2. The number of benzene rings is 1. The summed E-state index contributed by atoms with van der Waals surface area (Å²) in [6.45, 7) is 0. The first-order valence-corrected chi connectivity index (χ1v) is 9.17. The van der Waals surface area contributed by atoms with Gasteiger partial charge in [-0.05, 0) is 24.1 Å². The lowest BCUT2D eigenvalue weighted by Crippen LogP contribution is -2.41. The van der Waals surface area contributed by atoms with Crippen molar-refractivity contribution >= 4 is 19.5 Å². The van der Waals surface area contributed by atoms with E-state index in [2.05, 4.69) is 10.1 Å². The minimum Gasteiger partial charge on any atom is -0.467 e. The second kappa shape index (κ2) is 9.94. The van der Waals surface area contributed by atoms with Crippen LogP contribution < -0.4 is 5.32 Å². The van der Waals surface area contributed by atoms with Crippen molar-refractivity contribution < 1.29 is 27.9 Å². The quantitative estimate of drug-likeness (QED) is 0.525. The SMILES string of the molecule is COC(=O)[C@H](CCC#N)NC(=O)c1ccc(CP(=O)(OC)OC)cc1. The van der Waals surface area contributed by atoms with Crippen molar-refractivity contribution in [2.45, 2.75) is 25.0 Å². The Morgan fingerprint density at radius 1 is 1.20 bits per heavy atom. The number of esters is 1. The Kier molecular flexibility index (Phi) is 8.29. The van der Waals surface area contributed by atoms with E-state index >= 15 is 0 Å². The standard InChI is InChI=1S/C16H21N2O6P/c1-22-16(20)14(5-4-10-17)18-15(19)13-8-6-12(7-9-13)11-25(21,23-2)24-3/h6-9,14H,4-5,11H2,1-3H3,(H,18,19)/t14-/m0/s1. The lowest BCUT2D eigenvalue weighted by atomic mass is 10.1. The summed E-state index contributed by atoms with van der Waals surface area (Å²) in [6, 6.07) is 7.37. The molecule has 0 aliphatic rings. The van der Waals surface area contributed by atoms with Gasteiger partial charge in [-0.3, -0.25) is 9.36 Å². The smallest absolute Gasteiger partial charge is 0.334 e. The van der Waals surface area contributed by atoms with Crippen molar-refractivity contribution in [2.24, 2.45) is 0 Å². The Labute approximate surface area is 146 Å². The fourth-order valence-electron chi connectivity index (χ4n) is 2.03. The minimum atomic E-state index is -3.19. The molecular weight excluding hydrogens is 347 g/mol. The van der Waals surface area contributed by atoms with Gasteiger partial charge in [-0.15, -0.1) is 0 Å². The predicted molar refractivity (Wildman–Crippen MR) is 89.9 cm³/mol. The molecule has 1 N–H and O–H groups in total. The highest BCUT2D eigenvalue weighted by Gasteiger charge is 2.23. The van der Waals surface area contributed by atoms with E-state index in [1.54, 1.807) is 24.3 Å². The second-order valence-corrected chi connectivity index (χ2v) is 7.35. The van der Waals surface area contributed by atoms with Crippen molar-refractivity contribution in [1.29, 1.82) is 5.26 Å². The van der Waals surface area contributed by atoms with Gasteiger partial charge in [0.05, 0.1) is 19.3 Å². The van der Waals surface area contributed by atoms with Crippen LogP contribution >= 0.6 is 7.60 Å². The fourth-order valence-corrected chi connectivity index (χ4v) is 3.10. The van der Waals surface area contributed by atoms with Crippen LogP contribution in [0, 0.1) is 11.3 Å². The highest BCUT2D eigenvalue weighted by Crippen LogP contribution is 2.49. The molecule has 1 amide bonds. The van der Waals surface area contributed by atoms with Gasteiger partial charge in [0.15, 0.2) is 0 Å². The van der Waals surface area contributed by atoms with E-state index in [1.807, 2.05) is 6.07 Å². The average molecular weight is 368 g/mol. The summed E-state index contributed by atoms with van der Waals surface area (Å²) < 4.78 is 26.5. The molecule has 0 aromatic heterocycles. The molecule has 0 radical (unpaired) electrons. The number of nitrogens with zero attached hydrogens (tertiary/aromatic N) is 1. The minimum absolute atomic E-state index is 0.0782. The van der Waals surface area contributed by atoms with Gasteiger partial charge in [0.2, 0.25) is 0 Å². The van der Waals surface area contributed by atoms with Gasteiger partial charge < -0.3 is 19.1 Å². The summed E-state index contributed by atoms with van der Waals surface area (Å²) in [6.07, 6.45) is 0.356. The van der Waals surface area contributed by atoms with Crippen LogP contribution in [0.4, 0.5) is 0 Å². The maximum Gasteiger partial charge on any atom is 0.334 e. The van der Waals surface area contributed by atoms with Crippen molar-refractivity contribution in [3.8, 4) is 6.07 Å². The molecule has 0 aliphatic carbocycles. The molecule has 136 valence electrons. The van der Waals surface area contributed by atoms with E-state index in [4.69, 9.17) is 14.3 Å². The number of carbonyl (C=O) groups is 2. The van der Waals surface area contributed by atoms with Gasteiger partial charge in [0.1, 0.15) is 6.04 Å². The number of ether oxygens (including phenoxy) is 1. The summed E-state index contributed by atoms with van der Waals surface area (Å²) in [7, 11) is 0.640. The third-order valence-electron chi connectivity index (χ3n) is 3.48. The van der Waals surface area contributed by atoms with Gasteiger partial charge >= 0.3 is 13.6 Å². The molecule has 0 unspecified atom stereocenters. The van der Waals surface area contributed by atoms with Crippen LogP contribution in [0.2, 0.25) is 0 Å². The zero-order chi connectivity index (χ0) is 18.9. The summed E-state index contributed by atoms with van der Waals surface area (Å²) in [5.41, 5.74) is 0.997. The lowest BCUT2D eigenvalue weighted by Gasteiger charge is -2.16. The summed E-state index contributed by atoms with van der Waals surface area (Å²) >= 11 is 0. The van der Waals surface area contributed by atoms with Gasteiger partial charge in [0, 0.05) is 26.2 Å². The molecule has 0 aliphatic heterocycles. The third-order valence-corrected chi connectivity index (χ3v) is 5.35. The lowest BCUT2D eigenvalue weighted by molar-refractivity contribution is -0.143. The Morgan fingerprint density at radius 2 is 1.80 bits per heavy atom. The maximum absolute atomic E-state index is 12.2. The molecule has 1 aromatic rings. The molecule has 25 heavy (non-hydrogen) atoms. The van der Waals surface area contributed by atoms with E-state index in [9.17, 15) is 14.2 Å². The first-order valence-electron chi connectivity index (χ1n) is 7.44. The molecule has 0 spiro atoms. The number of hydrogen-bond acceptors (Lipinski definition) is 7. The summed E-state index contributed by atoms with van der Waals surface area (Å²) in [5, 5.41) is 11.2. The zero-order valence-electron chi connectivity index (χ0n) is 14.4. The number of carbonyl (C=O) groups excluding carboxylic acids is 2. The molecule has 0 bridgehead atoms. The van der Waals surface area contributed by atoms with Crippen LogP contribution in [-0.2, 0) is 29.3 Å². The van der Waals surface area contributed by atoms with E-state index in [0.717, 1.165) is 0 Å². The number of methoxy groups -OCH3 is 1. The molecule has 1 rings (SSSR count). The van der Waals surface area contributed by atoms with Crippen LogP contribution in [0.3, 0.4) is 0 Å². The Bertz CT molecular complexity index is 675. The zero-order valence-corrected chi connectivity index (χ0v) is 15.2. The first-order chi connectivity index (χ1) is 11.9. The molecule has 0 saturated heterocycles. The fraction of sp³-hybridized carbons (Fsp3) is 0.438. The van der Waals surface area contributed by atoms with Crippen LogP contribution in [0.25, 0.3) is 0 Å². The molecule has 9 heteroatoms. The number of nitriles is 1. The molecule has 0 heterocycles. The monoisotopic (exact) mass is 368 g/mol. The number of rotatable bonds is 9. The topological polar surface area (TPSA) is 115 Å². The van der Waals surface area contributed by atoms with Gasteiger partial charge in [-0.25, -0.2) is 4.79 Å². The van der Waals surface area contributed by atoms with E-state index in [0.29, 0.717) is 11.1 Å². The summed E-state index contributed by atoms with van der Waals surface area (Å²) in [4.78, 5) is 23.9. The number of amides is 1. The predicted octanol–water partition coefficient (Wildman–Crippen LogP) is 2.25. The highest BCUT2D eigenvalue weighted by atomic mass is 31.2. The third kappa shape index (κ3) is 6.31. The van der Waals surface area contributed by atoms with Gasteiger partial charge in [-0.1, -0.05) is 12.1 Å². The average Bonchev–Trinajstić information content (AvgIpc) is 2.64. The van der Waals surface area contributed by atoms with Crippen LogP contribution in [-0.4, -0.2) is 39.2 Å². The Morgan fingerprint density at radius 3 is 2.28 bits per heavy atom. The highest BCUT2D eigenvalue weighted by molar-refractivity contribution is 7.52. The molecule has 1 atom stereocenters. The van der Waals surface area contributed by atoms with Crippen molar-refractivity contribution in [3.63, 3.8) is 0 Å². The molecule has 0 saturated carbocycles. The van der Waals surface area contributed by atoms with Gasteiger partial charge in [-0.2, -0.15) is 5.26 Å². The van der Waals surface area contributed by atoms with E-state index in [-0.39, 0.29) is 19.0 Å². The van der Waals surface area contributed by atoms with E-state index < -0.39 is 25.5 Å². The largest absolute Gasteiger partial charge is 0.467 e. The van der Waals surface area contributed by atoms with Crippen LogP contribution in [0.1, 0.15) is 28.8 Å². The molecule has 0 fully saturated rings. The van der Waals surface area contributed by atoms with Gasteiger partial charge in [0.25, 0.3) is 5.91 Å². The molecule has 8 nitrogen and oxygen atoms in total. The van der Waals surface area contributed by atoms with Crippen molar-refractivity contribution in [3.05, 3.63) is 35.4 Å². The first kappa shape index (κ1) is 20.8. The second-order valence-electron chi connectivity index (χ2n) is 5.08. The van der Waals surface area contributed by atoms with Crippen LogP contribution in [0.15, 0.2) is 24.3 Å². The molecule has 1 aromatic carbocycles. The number of hydrogen-bond donors (Lipinski definition) is 1. The molecular formula is C16H21N2O6P. The van der Waals surface area contributed by atoms with Crippen molar-refractivity contribution in [2.75, 3.05) is 21.3 Å². The van der Waals surface area contributed by atoms with E-state index in [1.165, 1.54) is 21.3 Å². The summed E-state index contributed by atoms with van der Waals surface area (Å²) in [5.74, 6) is -1.08. The normalized spacial score (nSPS) is 12.1. The van der Waals surface area contributed by atoms with Crippen molar-refractivity contribution in [1.82, 2.24) is 5.32 Å².